The van der Waals surface area contributed by atoms with E-state index in [4.69, 9.17) is 9.47 Å². The first-order chi connectivity index (χ1) is 12.7. The summed E-state index contributed by atoms with van der Waals surface area (Å²) < 4.78 is 10.7. The summed E-state index contributed by atoms with van der Waals surface area (Å²) in [6, 6.07) is 13.8. The first-order valence-electron chi connectivity index (χ1n) is 8.81. The van der Waals surface area contributed by atoms with Crippen molar-refractivity contribution in [2.75, 3.05) is 14.2 Å². The minimum atomic E-state index is -0.163. The third kappa shape index (κ3) is 2.79. The van der Waals surface area contributed by atoms with Crippen LogP contribution < -0.4 is 14.8 Å². The fraction of sp³-hybridized carbons (Fsp3) is 0.286. The molecule has 1 aliphatic rings. The maximum Gasteiger partial charge on any atom is 0.259 e. The average molecular weight is 350 g/mol. The van der Waals surface area contributed by atoms with Crippen LogP contribution in [0.5, 0.6) is 11.5 Å². The number of hydrogen-bond donors (Lipinski definition) is 2. The van der Waals surface area contributed by atoms with E-state index >= 15 is 0 Å². The van der Waals surface area contributed by atoms with Crippen LogP contribution >= 0.6 is 0 Å². The largest absolute Gasteiger partial charge is 0.496 e. The molecule has 0 radical (unpaired) electrons. The molecular formula is C21H22N2O3. The lowest BCUT2D eigenvalue weighted by molar-refractivity contribution is 0.0927. The van der Waals surface area contributed by atoms with Crippen LogP contribution in [0.2, 0.25) is 0 Å². The Morgan fingerprint density at radius 2 is 1.81 bits per heavy atom. The molecule has 1 amide bonds. The van der Waals surface area contributed by atoms with Crippen molar-refractivity contribution in [3.05, 3.63) is 59.3 Å². The molecule has 3 aromatic rings. The van der Waals surface area contributed by atoms with Gasteiger partial charge in [0.1, 0.15) is 17.1 Å². The molecule has 0 saturated heterocycles. The zero-order valence-corrected chi connectivity index (χ0v) is 15.0. The number of aromatic nitrogens is 1. The van der Waals surface area contributed by atoms with Crippen molar-refractivity contribution in [2.45, 2.75) is 25.3 Å². The molecule has 5 heteroatoms. The molecule has 0 bridgehead atoms. The molecule has 1 atom stereocenters. The summed E-state index contributed by atoms with van der Waals surface area (Å²) in [5, 5.41) is 4.44. The van der Waals surface area contributed by atoms with E-state index in [-0.39, 0.29) is 11.9 Å². The SMILES string of the molecule is COc1cccc(OC)c1C(=O)NC1CCc2c([nH]c3ccccc23)C1. The Hall–Kier alpha value is -2.95. The number of methoxy groups -OCH3 is 2. The topological polar surface area (TPSA) is 63.4 Å². The van der Waals surface area contributed by atoms with Crippen molar-refractivity contribution in [1.29, 1.82) is 0 Å². The Morgan fingerprint density at radius 3 is 2.54 bits per heavy atom. The highest BCUT2D eigenvalue weighted by atomic mass is 16.5. The number of benzene rings is 2. The van der Waals surface area contributed by atoms with Crippen LogP contribution in [0.1, 0.15) is 28.0 Å². The lowest BCUT2D eigenvalue weighted by atomic mass is 9.91. The van der Waals surface area contributed by atoms with Gasteiger partial charge in [0.25, 0.3) is 5.91 Å². The van der Waals surface area contributed by atoms with Gasteiger partial charge in [-0.05, 0) is 36.6 Å². The number of aryl methyl sites for hydroxylation is 1. The second kappa shape index (κ2) is 6.75. The number of rotatable bonds is 4. The molecule has 1 aromatic heterocycles. The second-order valence-electron chi connectivity index (χ2n) is 6.58. The zero-order valence-electron chi connectivity index (χ0n) is 15.0. The Morgan fingerprint density at radius 1 is 1.08 bits per heavy atom. The summed E-state index contributed by atoms with van der Waals surface area (Å²) in [7, 11) is 3.12. The third-order valence-corrected chi connectivity index (χ3v) is 5.09. The van der Waals surface area contributed by atoms with Gasteiger partial charge in [-0.2, -0.15) is 0 Å². The van der Waals surface area contributed by atoms with E-state index in [0.29, 0.717) is 17.1 Å². The van der Waals surface area contributed by atoms with E-state index in [1.807, 2.05) is 12.1 Å². The van der Waals surface area contributed by atoms with Gasteiger partial charge in [-0.1, -0.05) is 24.3 Å². The minimum absolute atomic E-state index is 0.0812. The molecule has 0 saturated carbocycles. The van der Waals surface area contributed by atoms with Crippen LogP contribution in [0.25, 0.3) is 10.9 Å². The van der Waals surface area contributed by atoms with Crippen molar-refractivity contribution < 1.29 is 14.3 Å². The summed E-state index contributed by atoms with van der Waals surface area (Å²) >= 11 is 0. The van der Waals surface area contributed by atoms with Gasteiger partial charge in [0.2, 0.25) is 0 Å². The zero-order chi connectivity index (χ0) is 18.1. The number of amides is 1. The second-order valence-corrected chi connectivity index (χ2v) is 6.58. The van der Waals surface area contributed by atoms with E-state index in [2.05, 4.69) is 28.5 Å². The normalized spacial score (nSPS) is 16.2. The summed E-state index contributed by atoms with van der Waals surface area (Å²) in [4.78, 5) is 16.4. The Balaban J connectivity index is 1.57. The summed E-state index contributed by atoms with van der Waals surface area (Å²) in [5.74, 6) is 0.872. The monoisotopic (exact) mass is 350 g/mol. The van der Waals surface area contributed by atoms with E-state index in [0.717, 1.165) is 24.8 Å². The molecule has 1 unspecified atom stereocenters. The van der Waals surface area contributed by atoms with Gasteiger partial charge in [-0.15, -0.1) is 0 Å². The van der Waals surface area contributed by atoms with Gasteiger partial charge in [0, 0.05) is 29.1 Å². The highest BCUT2D eigenvalue weighted by molar-refractivity contribution is 6.00. The predicted molar refractivity (Wildman–Crippen MR) is 101 cm³/mol. The fourth-order valence-corrected chi connectivity index (χ4v) is 3.84. The first kappa shape index (κ1) is 16.5. The highest BCUT2D eigenvalue weighted by Gasteiger charge is 2.26. The lowest BCUT2D eigenvalue weighted by Gasteiger charge is -2.24. The number of ether oxygens (including phenoxy) is 2. The van der Waals surface area contributed by atoms with Crippen LogP contribution in [0.15, 0.2) is 42.5 Å². The van der Waals surface area contributed by atoms with Crippen LogP contribution in [0.4, 0.5) is 0 Å². The molecule has 26 heavy (non-hydrogen) atoms. The molecule has 2 aromatic carbocycles. The first-order valence-corrected chi connectivity index (χ1v) is 8.81. The van der Waals surface area contributed by atoms with E-state index in [1.165, 1.54) is 16.6 Å². The van der Waals surface area contributed by atoms with E-state index in [9.17, 15) is 4.79 Å². The Labute approximate surface area is 152 Å². The number of nitrogens with one attached hydrogen (secondary N) is 2. The van der Waals surface area contributed by atoms with Crippen molar-refractivity contribution >= 4 is 16.8 Å². The van der Waals surface area contributed by atoms with Gasteiger partial charge >= 0.3 is 0 Å². The number of fused-ring (bicyclic) bond motifs is 3. The fourth-order valence-electron chi connectivity index (χ4n) is 3.84. The molecule has 134 valence electrons. The van der Waals surface area contributed by atoms with Crippen LogP contribution in [-0.4, -0.2) is 31.2 Å². The maximum absolute atomic E-state index is 12.9. The Kier molecular flexibility index (Phi) is 4.29. The third-order valence-electron chi connectivity index (χ3n) is 5.09. The predicted octanol–water partition coefficient (Wildman–Crippen LogP) is 3.47. The molecule has 0 fully saturated rings. The smallest absolute Gasteiger partial charge is 0.259 e. The van der Waals surface area contributed by atoms with Crippen LogP contribution in [-0.2, 0) is 12.8 Å². The van der Waals surface area contributed by atoms with Crippen molar-refractivity contribution in [3.8, 4) is 11.5 Å². The van der Waals surface area contributed by atoms with Gasteiger partial charge in [-0.3, -0.25) is 4.79 Å². The van der Waals surface area contributed by atoms with Crippen LogP contribution in [0, 0.1) is 0 Å². The summed E-state index contributed by atoms with van der Waals surface area (Å²) in [6.07, 6.45) is 2.67. The number of aromatic amines is 1. The quantitative estimate of drug-likeness (QED) is 0.757. The van der Waals surface area contributed by atoms with Crippen molar-refractivity contribution in [2.24, 2.45) is 0 Å². The molecular weight excluding hydrogens is 328 g/mol. The summed E-state index contributed by atoms with van der Waals surface area (Å²) in [6.45, 7) is 0. The molecule has 0 aliphatic heterocycles. The van der Waals surface area contributed by atoms with Gasteiger partial charge < -0.3 is 19.8 Å². The van der Waals surface area contributed by atoms with Crippen LogP contribution in [0.3, 0.4) is 0 Å². The standard InChI is InChI=1S/C21H22N2O3/c1-25-18-8-5-9-19(26-2)20(18)21(24)22-13-10-11-15-14-6-3-4-7-16(14)23-17(15)12-13/h3-9,13,23H,10-12H2,1-2H3,(H,22,24). The summed E-state index contributed by atoms with van der Waals surface area (Å²) in [5.41, 5.74) is 4.20. The number of H-pyrrole nitrogens is 1. The highest BCUT2D eigenvalue weighted by Crippen LogP contribution is 2.31. The Bertz CT molecular complexity index is 939. The molecule has 1 aliphatic carbocycles. The number of carbonyl (C=O) groups excluding carboxylic acids is 1. The number of para-hydroxylation sites is 1. The van der Waals surface area contributed by atoms with Gasteiger partial charge in [-0.25, -0.2) is 0 Å². The molecule has 1 heterocycles. The molecule has 4 rings (SSSR count). The van der Waals surface area contributed by atoms with E-state index < -0.39 is 0 Å². The maximum atomic E-state index is 12.9. The number of carbonyl (C=O) groups is 1. The average Bonchev–Trinajstić information content (AvgIpc) is 3.04. The van der Waals surface area contributed by atoms with Crippen molar-refractivity contribution in [3.63, 3.8) is 0 Å². The number of hydrogen-bond acceptors (Lipinski definition) is 3. The van der Waals surface area contributed by atoms with Gasteiger partial charge in [0.05, 0.1) is 14.2 Å². The van der Waals surface area contributed by atoms with E-state index in [1.54, 1.807) is 26.4 Å². The lowest BCUT2D eigenvalue weighted by Crippen LogP contribution is -2.39. The minimum Gasteiger partial charge on any atom is -0.496 e. The van der Waals surface area contributed by atoms with Crippen molar-refractivity contribution in [1.82, 2.24) is 10.3 Å². The molecule has 5 nitrogen and oxygen atoms in total. The molecule has 0 spiro atoms. The van der Waals surface area contributed by atoms with Gasteiger partial charge in [0.15, 0.2) is 0 Å². The molecule has 2 N–H and O–H groups in total.